The number of rotatable bonds is 4. The van der Waals surface area contributed by atoms with Crippen LogP contribution in [-0.4, -0.2) is 25.2 Å². The highest BCUT2D eigenvalue weighted by Crippen LogP contribution is 2.24. The maximum absolute atomic E-state index is 11.1. The number of amides is 2. The molecule has 0 saturated heterocycles. The van der Waals surface area contributed by atoms with Gasteiger partial charge in [-0.15, -0.1) is 0 Å². The lowest BCUT2D eigenvalue weighted by Gasteiger charge is -2.32. The lowest BCUT2D eigenvalue weighted by atomic mass is 9.81. The summed E-state index contributed by atoms with van der Waals surface area (Å²) in [4.78, 5) is 11.1. The van der Waals surface area contributed by atoms with E-state index in [1.54, 1.807) is 0 Å². The van der Waals surface area contributed by atoms with Gasteiger partial charge in [-0.1, -0.05) is 6.92 Å². The van der Waals surface area contributed by atoms with Crippen LogP contribution in [0.5, 0.6) is 0 Å². The predicted octanol–water partition coefficient (Wildman–Crippen LogP) is 0.433. The first kappa shape index (κ1) is 10.3. The van der Waals surface area contributed by atoms with Crippen LogP contribution in [0.15, 0.2) is 0 Å². The smallest absolute Gasteiger partial charge is 0.314 e. The molecule has 1 aliphatic carbocycles. The molecule has 2 amide bonds. The monoisotopic (exact) mass is 185 g/mol. The maximum Gasteiger partial charge on any atom is 0.314 e. The molecular weight excluding hydrogens is 166 g/mol. The van der Waals surface area contributed by atoms with Crippen molar-refractivity contribution < 1.29 is 4.79 Å². The Morgan fingerprint density at radius 2 is 2.15 bits per heavy atom. The fraction of sp³-hybridized carbons (Fsp3) is 0.889. The zero-order valence-electron chi connectivity index (χ0n) is 8.18. The molecule has 0 spiro atoms. The summed E-state index contributed by atoms with van der Waals surface area (Å²) < 4.78 is 0. The highest BCUT2D eigenvalue weighted by Gasteiger charge is 2.25. The Morgan fingerprint density at radius 1 is 1.46 bits per heavy atom. The lowest BCUT2D eigenvalue weighted by molar-refractivity contribution is 0.225. The van der Waals surface area contributed by atoms with Crippen molar-refractivity contribution in [2.24, 2.45) is 11.7 Å². The molecule has 0 bridgehead atoms. The summed E-state index contributed by atoms with van der Waals surface area (Å²) in [6, 6.07) is 0.313. The molecule has 0 aliphatic heterocycles. The number of hydrogen-bond acceptors (Lipinski definition) is 2. The Kier molecular flexibility index (Phi) is 4.02. The predicted molar refractivity (Wildman–Crippen MR) is 52.4 cm³/mol. The van der Waals surface area contributed by atoms with Crippen LogP contribution in [0.3, 0.4) is 0 Å². The first-order chi connectivity index (χ1) is 6.22. The third-order valence-electron chi connectivity index (χ3n) is 2.36. The van der Waals surface area contributed by atoms with Gasteiger partial charge in [0.25, 0.3) is 0 Å². The molecule has 0 aromatic heterocycles. The second kappa shape index (κ2) is 5.07. The fourth-order valence-corrected chi connectivity index (χ4v) is 1.49. The first-order valence-electron chi connectivity index (χ1n) is 4.99. The third-order valence-corrected chi connectivity index (χ3v) is 2.36. The average Bonchev–Trinajstić information content (AvgIpc) is 2.07. The van der Waals surface area contributed by atoms with Crippen LogP contribution >= 0.6 is 0 Å². The van der Waals surface area contributed by atoms with Crippen molar-refractivity contribution in [2.45, 2.75) is 32.2 Å². The van der Waals surface area contributed by atoms with Crippen molar-refractivity contribution in [3.05, 3.63) is 0 Å². The van der Waals surface area contributed by atoms with Crippen LogP contribution < -0.4 is 16.4 Å². The van der Waals surface area contributed by atoms with Crippen LogP contribution in [0.25, 0.3) is 0 Å². The molecule has 0 unspecified atom stereocenters. The Hall–Kier alpha value is -0.770. The van der Waals surface area contributed by atoms with Crippen LogP contribution in [0.4, 0.5) is 4.79 Å². The minimum absolute atomic E-state index is 0.0534. The second-order valence-electron chi connectivity index (χ2n) is 3.73. The standard InChI is InChI=1S/C9H19N3O/c1-2-3-11-9(13)12-6-7-4-8(10)5-7/h7-8H,2-6,10H2,1H3,(H2,11,12,13). The third kappa shape index (κ3) is 3.63. The van der Waals surface area contributed by atoms with E-state index in [0.29, 0.717) is 12.0 Å². The average molecular weight is 185 g/mol. The summed E-state index contributed by atoms with van der Waals surface area (Å²) >= 11 is 0. The molecule has 0 atom stereocenters. The van der Waals surface area contributed by atoms with E-state index in [2.05, 4.69) is 10.6 Å². The van der Waals surface area contributed by atoms with E-state index < -0.39 is 0 Å². The van der Waals surface area contributed by atoms with Gasteiger partial charge in [-0.2, -0.15) is 0 Å². The van der Waals surface area contributed by atoms with Gasteiger partial charge in [0.05, 0.1) is 0 Å². The Labute approximate surface area is 79.3 Å². The molecule has 1 fully saturated rings. The van der Waals surface area contributed by atoms with Crippen molar-refractivity contribution in [1.29, 1.82) is 0 Å². The SMILES string of the molecule is CCCNC(=O)NCC1CC(N)C1. The number of hydrogen-bond donors (Lipinski definition) is 3. The highest BCUT2D eigenvalue weighted by atomic mass is 16.2. The zero-order chi connectivity index (χ0) is 9.68. The van der Waals surface area contributed by atoms with E-state index in [0.717, 1.165) is 32.4 Å². The minimum Gasteiger partial charge on any atom is -0.338 e. The van der Waals surface area contributed by atoms with Gasteiger partial charge < -0.3 is 16.4 Å². The van der Waals surface area contributed by atoms with Gasteiger partial charge in [0.15, 0.2) is 0 Å². The van der Waals surface area contributed by atoms with E-state index in [1.165, 1.54) is 0 Å². The Bertz CT molecular complexity index is 166. The molecule has 4 heteroatoms. The van der Waals surface area contributed by atoms with Crippen LogP contribution in [0.2, 0.25) is 0 Å². The zero-order valence-corrected chi connectivity index (χ0v) is 8.18. The fourth-order valence-electron chi connectivity index (χ4n) is 1.49. The van der Waals surface area contributed by atoms with Crippen molar-refractivity contribution in [3.63, 3.8) is 0 Å². The summed E-state index contributed by atoms with van der Waals surface area (Å²) in [6.45, 7) is 3.55. The summed E-state index contributed by atoms with van der Waals surface area (Å²) in [6.07, 6.45) is 3.07. The normalized spacial score (nSPS) is 26.3. The molecule has 0 aromatic rings. The van der Waals surface area contributed by atoms with Crippen LogP contribution in [-0.2, 0) is 0 Å². The van der Waals surface area contributed by atoms with Crippen LogP contribution in [0, 0.1) is 5.92 Å². The van der Waals surface area contributed by atoms with Gasteiger partial charge in [0.2, 0.25) is 0 Å². The molecule has 4 nitrogen and oxygen atoms in total. The number of nitrogens with one attached hydrogen (secondary N) is 2. The first-order valence-corrected chi connectivity index (χ1v) is 4.99. The molecule has 1 saturated carbocycles. The van der Waals surface area contributed by atoms with Gasteiger partial charge in [-0.05, 0) is 25.2 Å². The molecule has 76 valence electrons. The van der Waals surface area contributed by atoms with E-state index in [4.69, 9.17) is 5.73 Å². The quantitative estimate of drug-likeness (QED) is 0.594. The van der Waals surface area contributed by atoms with Gasteiger partial charge in [0, 0.05) is 19.1 Å². The molecule has 0 radical (unpaired) electrons. The molecule has 1 aliphatic rings. The summed E-state index contributed by atoms with van der Waals surface area (Å²) in [7, 11) is 0. The van der Waals surface area contributed by atoms with Gasteiger partial charge in [-0.3, -0.25) is 0 Å². The van der Waals surface area contributed by atoms with E-state index in [1.807, 2.05) is 6.92 Å². The number of urea groups is 1. The van der Waals surface area contributed by atoms with Crippen molar-refractivity contribution in [1.82, 2.24) is 10.6 Å². The van der Waals surface area contributed by atoms with Gasteiger partial charge >= 0.3 is 6.03 Å². The molecule has 13 heavy (non-hydrogen) atoms. The van der Waals surface area contributed by atoms with E-state index in [9.17, 15) is 4.79 Å². The summed E-state index contributed by atoms with van der Waals surface area (Å²) in [5, 5.41) is 5.60. The minimum atomic E-state index is -0.0534. The van der Waals surface area contributed by atoms with Crippen molar-refractivity contribution >= 4 is 6.03 Å². The Balaban J connectivity index is 1.96. The number of carbonyl (C=O) groups is 1. The summed E-state index contributed by atoms with van der Waals surface area (Å²) in [5.41, 5.74) is 5.63. The molecule has 4 N–H and O–H groups in total. The van der Waals surface area contributed by atoms with Crippen LogP contribution in [0.1, 0.15) is 26.2 Å². The highest BCUT2D eigenvalue weighted by molar-refractivity contribution is 5.73. The maximum atomic E-state index is 11.1. The van der Waals surface area contributed by atoms with Crippen molar-refractivity contribution in [3.8, 4) is 0 Å². The molecule has 1 rings (SSSR count). The Morgan fingerprint density at radius 3 is 2.69 bits per heavy atom. The van der Waals surface area contributed by atoms with Gasteiger partial charge in [-0.25, -0.2) is 4.79 Å². The lowest BCUT2D eigenvalue weighted by Crippen LogP contribution is -2.45. The second-order valence-corrected chi connectivity index (χ2v) is 3.73. The van der Waals surface area contributed by atoms with E-state index >= 15 is 0 Å². The topological polar surface area (TPSA) is 67.2 Å². The largest absolute Gasteiger partial charge is 0.338 e. The molecule has 0 heterocycles. The summed E-state index contributed by atoms with van der Waals surface area (Å²) in [5.74, 6) is 0.599. The van der Waals surface area contributed by atoms with E-state index in [-0.39, 0.29) is 6.03 Å². The number of carbonyl (C=O) groups excluding carboxylic acids is 1. The van der Waals surface area contributed by atoms with Crippen molar-refractivity contribution in [2.75, 3.05) is 13.1 Å². The molecular formula is C9H19N3O. The number of nitrogens with two attached hydrogens (primary N) is 1. The van der Waals surface area contributed by atoms with Gasteiger partial charge in [0.1, 0.15) is 0 Å². The molecule has 0 aromatic carbocycles.